The molecule has 2 unspecified atom stereocenters. The molecule has 0 aromatic heterocycles. The van der Waals surface area contributed by atoms with Gasteiger partial charge in [-0.05, 0) is 0 Å². The molecular formula is C42H49Cl2O2SiZr. The van der Waals surface area contributed by atoms with Gasteiger partial charge < -0.3 is 0 Å². The molecule has 4 aromatic carbocycles. The van der Waals surface area contributed by atoms with Gasteiger partial charge in [0.1, 0.15) is 0 Å². The van der Waals surface area contributed by atoms with E-state index in [1.165, 1.54) is 55.7 Å². The van der Waals surface area contributed by atoms with Crippen molar-refractivity contribution in [2.75, 3.05) is 0 Å². The van der Waals surface area contributed by atoms with Gasteiger partial charge in [-0.1, -0.05) is 0 Å². The van der Waals surface area contributed by atoms with Gasteiger partial charge in [-0.3, -0.25) is 0 Å². The molecule has 0 radical (unpaired) electrons. The van der Waals surface area contributed by atoms with E-state index in [4.69, 9.17) is 26.5 Å². The van der Waals surface area contributed by atoms with E-state index < -0.39 is 21.5 Å². The standard InChI is InChI=1S/2C20H21O.C2H7Si.2ClH.Zr/c2*1-4-15-12-17-6-5-7-19(20(17)13-15)16-8-10-18(11-9-16)21-14(2)3;1-3-2;;;/h2*5-14H,4H2,1-3H3;3H,1-2H3;2*1H;/q;;;;;+2/p-2. The molecule has 2 aliphatic rings. The third-order valence-corrected chi connectivity index (χ3v) is 62.2. The molecule has 6 heteroatoms. The summed E-state index contributed by atoms with van der Waals surface area (Å²) in [7, 11) is 17.2. The molecule has 0 fully saturated rings. The molecule has 48 heavy (non-hydrogen) atoms. The molecule has 6 rings (SSSR count). The molecule has 0 N–H and O–H groups in total. The number of rotatable bonds is 11. The quantitative estimate of drug-likeness (QED) is 0.141. The van der Waals surface area contributed by atoms with Crippen molar-refractivity contribution in [2.45, 2.75) is 86.9 Å². The second-order valence-electron chi connectivity index (χ2n) is 14.4. The maximum absolute atomic E-state index is 8.60. The van der Waals surface area contributed by atoms with Crippen LogP contribution in [0.4, 0.5) is 0 Å². The Labute approximate surface area is 297 Å². The molecule has 0 aliphatic heterocycles. The van der Waals surface area contributed by atoms with Crippen LogP contribution in [-0.4, -0.2) is 18.1 Å². The second kappa shape index (κ2) is 13.7. The van der Waals surface area contributed by atoms with Gasteiger partial charge in [0.25, 0.3) is 0 Å². The normalized spacial score (nSPS) is 18.0. The van der Waals surface area contributed by atoms with Crippen molar-refractivity contribution >= 4 is 35.1 Å². The monoisotopic (exact) mass is 773 g/mol. The zero-order chi connectivity index (χ0) is 34.4. The number of fused-ring (bicyclic) bond motifs is 2. The van der Waals surface area contributed by atoms with Crippen LogP contribution < -0.4 is 9.47 Å². The number of halogens is 2. The van der Waals surface area contributed by atoms with Crippen molar-refractivity contribution in [3.63, 3.8) is 0 Å². The first-order valence-electron chi connectivity index (χ1n) is 17.6. The summed E-state index contributed by atoms with van der Waals surface area (Å²) < 4.78 is 12.1. The van der Waals surface area contributed by atoms with Crippen LogP contribution in [0.2, 0.25) is 13.1 Å². The molecule has 0 saturated carbocycles. The summed E-state index contributed by atoms with van der Waals surface area (Å²) in [6, 6.07) is 30.6. The Morgan fingerprint density at radius 1 is 0.604 bits per heavy atom. The van der Waals surface area contributed by atoms with E-state index in [2.05, 4.69) is 152 Å². The fourth-order valence-electron chi connectivity index (χ4n) is 8.15. The van der Waals surface area contributed by atoms with E-state index in [1.54, 1.807) is 0 Å². The Balaban J connectivity index is 1.48. The summed E-state index contributed by atoms with van der Waals surface area (Å²) in [5.74, 6) is 0.145. The fraction of sp³-hybridized carbons (Fsp3) is 0.333. The Bertz CT molecular complexity index is 1740. The molecule has 2 aliphatic carbocycles. The van der Waals surface area contributed by atoms with Crippen LogP contribution >= 0.6 is 17.0 Å². The number of allylic oxidation sites excluding steroid dienone is 2. The summed E-state index contributed by atoms with van der Waals surface area (Å²) in [5, 5.41) is 0. The Hall–Kier alpha value is -2.36. The molecule has 0 amide bonds. The van der Waals surface area contributed by atoms with Gasteiger partial charge in [0.2, 0.25) is 0 Å². The Kier molecular flexibility index (Phi) is 10.2. The van der Waals surface area contributed by atoms with E-state index in [0.29, 0.717) is 0 Å². The summed E-state index contributed by atoms with van der Waals surface area (Å²) in [4.78, 5) is 0. The fourth-order valence-corrected chi connectivity index (χ4v) is 39.9. The van der Waals surface area contributed by atoms with Gasteiger partial charge in [0, 0.05) is 0 Å². The van der Waals surface area contributed by atoms with Crippen LogP contribution in [0.5, 0.6) is 11.5 Å². The zero-order valence-corrected chi connectivity index (χ0v) is 34.7. The van der Waals surface area contributed by atoms with Gasteiger partial charge in [-0.2, -0.15) is 0 Å². The first kappa shape index (κ1) is 35.5. The van der Waals surface area contributed by atoms with Gasteiger partial charge in [-0.25, -0.2) is 0 Å². The Morgan fingerprint density at radius 2 is 0.979 bits per heavy atom. The zero-order valence-electron chi connectivity index (χ0n) is 29.6. The minimum absolute atomic E-state index is 0.0759. The average Bonchev–Trinajstić information content (AvgIpc) is 3.65. The van der Waals surface area contributed by atoms with Crippen LogP contribution in [0.15, 0.2) is 96.1 Å². The third kappa shape index (κ3) is 6.14. The molecular weight excluding hydrogens is 727 g/mol. The van der Waals surface area contributed by atoms with Crippen molar-refractivity contribution in [1.82, 2.24) is 0 Å². The molecule has 251 valence electrons. The molecule has 2 atom stereocenters. The number of hydrogen-bond donors (Lipinski definition) is 0. The predicted molar refractivity (Wildman–Crippen MR) is 208 cm³/mol. The van der Waals surface area contributed by atoms with Gasteiger partial charge in [-0.15, -0.1) is 0 Å². The van der Waals surface area contributed by atoms with Crippen LogP contribution in [0.3, 0.4) is 0 Å². The molecule has 0 spiro atoms. The van der Waals surface area contributed by atoms with Crippen molar-refractivity contribution in [2.24, 2.45) is 0 Å². The first-order valence-corrected chi connectivity index (χ1v) is 34.0. The second-order valence-corrected chi connectivity index (χ2v) is 56.9. The van der Waals surface area contributed by atoms with Crippen molar-refractivity contribution in [1.29, 1.82) is 0 Å². The molecule has 2 nitrogen and oxygen atoms in total. The van der Waals surface area contributed by atoms with Gasteiger partial charge in [0.05, 0.1) is 0 Å². The topological polar surface area (TPSA) is 18.5 Å². The molecule has 0 bridgehead atoms. The molecule has 4 aromatic rings. The Morgan fingerprint density at radius 3 is 1.29 bits per heavy atom. The van der Waals surface area contributed by atoms with Crippen LogP contribution in [0, 0.1) is 0 Å². The van der Waals surface area contributed by atoms with Crippen LogP contribution in [-0.2, 0) is 15.6 Å². The number of hydrogen-bond acceptors (Lipinski definition) is 2. The summed E-state index contributed by atoms with van der Waals surface area (Å²) in [6.45, 7) is 17.6. The van der Waals surface area contributed by atoms with Crippen molar-refractivity contribution in [3.8, 4) is 33.8 Å². The predicted octanol–water partition coefficient (Wildman–Crippen LogP) is 13.0. The number of ether oxygens (including phenoxy) is 2. The summed E-state index contributed by atoms with van der Waals surface area (Å²) in [5.41, 5.74) is 12.9. The minimum atomic E-state index is -4.82. The average molecular weight is 776 g/mol. The van der Waals surface area contributed by atoms with E-state index in [1.807, 2.05) is 0 Å². The van der Waals surface area contributed by atoms with Crippen LogP contribution in [0.25, 0.3) is 34.4 Å². The molecule has 0 saturated heterocycles. The van der Waals surface area contributed by atoms with Crippen molar-refractivity contribution < 1.29 is 25.0 Å². The maximum atomic E-state index is 8.60. The summed E-state index contributed by atoms with van der Waals surface area (Å²) >= 11 is -4.82. The van der Waals surface area contributed by atoms with Gasteiger partial charge in [0.15, 0.2) is 0 Å². The van der Waals surface area contributed by atoms with Gasteiger partial charge >= 0.3 is 299 Å². The van der Waals surface area contributed by atoms with E-state index in [-0.39, 0.29) is 19.5 Å². The van der Waals surface area contributed by atoms with Crippen LogP contribution in [0.1, 0.15) is 83.9 Å². The van der Waals surface area contributed by atoms with E-state index in [0.717, 1.165) is 24.3 Å². The summed E-state index contributed by atoms with van der Waals surface area (Å²) in [6.07, 6.45) is 7.01. The van der Waals surface area contributed by atoms with Crippen molar-refractivity contribution in [3.05, 3.63) is 118 Å². The SMILES string of the molecule is CCC1=Cc2c(-c3ccc(OC(C)C)cc3)cccc2[CH]1[Zr]([Cl])([Cl])([CH]1C(CC)=Cc2c(-c3ccc(OC(C)C)cc3)cccc21)[SiH](C)C. The number of benzene rings is 4. The first-order chi connectivity index (χ1) is 22.9. The van der Waals surface area contributed by atoms with E-state index >= 15 is 0 Å². The third-order valence-electron chi connectivity index (χ3n) is 10.4. The van der Waals surface area contributed by atoms with E-state index in [9.17, 15) is 0 Å². The molecule has 0 heterocycles.